The average Bonchev–Trinajstić information content (AvgIpc) is 2.34. The average molecular weight is 260 g/mol. The van der Waals surface area contributed by atoms with Crippen molar-refractivity contribution in [3.63, 3.8) is 0 Å². The highest BCUT2D eigenvalue weighted by molar-refractivity contribution is 5.89. The number of benzene rings is 1. The Morgan fingerprint density at radius 1 is 1.32 bits per heavy atom. The fraction of sp³-hybridized carbons (Fsp3) is 0.143. The van der Waals surface area contributed by atoms with Gasteiger partial charge in [-0.1, -0.05) is 17.7 Å². The molecule has 0 aliphatic carbocycles. The van der Waals surface area contributed by atoms with Crippen LogP contribution in [0.3, 0.4) is 0 Å². The van der Waals surface area contributed by atoms with Crippen molar-refractivity contribution in [3.05, 3.63) is 53.0 Å². The van der Waals surface area contributed by atoms with Crippen molar-refractivity contribution in [1.29, 1.82) is 0 Å². The SMILES string of the molecule is Cc1ccc(Nc2nccc(C(=O)O)c2F)c(C)c1. The first kappa shape index (κ1) is 13.0. The maximum Gasteiger partial charge on any atom is 0.338 e. The summed E-state index contributed by atoms with van der Waals surface area (Å²) in [6, 6.07) is 6.76. The van der Waals surface area contributed by atoms with Gasteiger partial charge in [0.15, 0.2) is 11.6 Å². The van der Waals surface area contributed by atoms with Gasteiger partial charge in [-0.15, -0.1) is 0 Å². The van der Waals surface area contributed by atoms with Crippen LogP contribution in [-0.4, -0.2) is 16.1 Å². The molecule has 2 rings (SSSR count). The Hall–Kier alpha value is -2.43. The van der Waals surface area contributed by atoms with Crippen LogP contribution in [0, 0.1) is 19.7 Å². The molecule has 0 amide bonds. The maximum atomic E-state index is 13.9. The summed E-state index contributed by atoms with van der Waals surface area (Å²) in [4.78, 5) is 14.7. The van der Waals surface area contributed by atoms with Gasteiger partial charge >= 0.3 is 5.97 Å². The standard InChI is InChI=1S/C14H13FN2O2/c1-8-3-4-11(9(2)7-8)17-13-12(15)10(14(18)19)5-6-16-13/h3-7H,1-2H3,(H,16,17)(H,18,19). The predicted molar refractivity (Wildman–Crippen MR) is 70.4 cm³/mol. The second-order valence-electron chi connectivity index (χ2n) is 4.27. The third-order valence-electron chi connectivity index (χ3n) is 2.75. The molecule has 98 valence electrons. The van der Waals surface area contributed by atoms with E-state index in [1.165, 1.54) is 6.20 Å². The first-order valence-corrected chi connectivity index (χ1v) is 5.71. The number of hydrogen-bond acceptors (Lipinski definition) is 3. The predicted octanol–water partition coefficient (Wildman–Crippen LogP) is 3.28. The minimum Gasteiger partial charge on any atom is -0.478 e. The zero-order valence-corrected chi connectivity index (χ0v) is 10.6. The van der Waals surface area contributed by atoms with E-state index in [1.54, 1.807) is 6.07 Å². The number of nitrogens with zero attached hydrogens (tertiary/aromatic N) is 1. The number of hydrogen-bond donors (Lipinski definition) is 2. The van der Waals surface area contributed by atoms with Gasteiger partial charge in [-0.25, -0.2) is 14.2 Å². The number of carboxylic acid groups (broad SMARTS) is 1. The van der Waals surface area contributed by atoms with Crippen LogP contribution in [0.2, 0.25) is 0 Å². The lowest BCUT2D eigenvalue weighted by molar-refractivity contribution is 0.0692. The molecule has 0 spiro atoms. The van der Waals surface area contributed by atoms with Gasteiger partial charge in [-0.3, -0.25) is 0 Å². The van der Waals surface area contributed by atoms with E-state index in [0.717, 1.165) is 17.2 Å². The number of anilines is 2. The zero-order chi connectivity index (χ0) is 14.0. The molecule has 0 unspecified atom stereocenters. The van der Waals surface area contributed by atoms with Crippen LogP contribution in [0.4, 0.5) is 15.9 Å². The van der Waals surface area contributed by atoms with Gasteiger partial charge in [-0.2, -0.15) is 0 Å². The molecule has 5 heteroatoms. The number of aryl methyl sites for hydroxylation is 2. The smallest absolute Gasteiger partial charge is 0.338 e. The molecule has 1 aromatic carbocycles. The van der Waals surface area contributed by atoms with E-state index < -0.39 is 17.3 Å². The first-order chi connectivity index (χ1) is 8.99. The Labute approximate surface area is 109 Å². The quantitative estimate of drug-likeness (QED) is 0.889. The molecule has 0 saturated carbocycles. The van der Waals surface area contributed by atoms with Crippen LogP contribution < -0.4 is 5.32 Å². The lowest BCUT2D eigenvalue weighted by atomic mass is 10.1. The van der Waals surface area contributed by atoms with E-state index in [0.29, 0.717) is 5.69 Å². The van der Waals surface area contributed by atoms with Crippen molar-refractivity contribution in [2.75, 3.05) is 5.32 Å². The molecule has 0 atom stereocenters. The van der Waals surface area contributed by atoms with Crippen LogP contribution in [0.1, 0.15) is 21.5 Å². The molecule has 0 aliphatic rings. The van der Waals surface area contributed by atoms with Crippen molar-refractivity contribution in [2.45, 2.75) is 13.8 Å². The summed E-state index contributed by atoms with van der Waals surface area (Å²) in [6.45, 7) is 3.84. The number of nitrogens with one attached hydrogen (secondary N) is 1. The zero-order valence-electron chi connectivity index (χ0n) is 10.6. The van der Waals surface area contributed by atoms with Crippen LogP contribution >= 0.6 is 0 Å². The van der Waals surface area contributed by atoms with E-state index in [-0.39, 0.29) is 5.82 Å². The summed E-state index contributed by atoms with van der Waals surface area (Å²) in [7, 11) is 0. The summed E-state index contributed by atoms with van der Waals surface area (Å²) < 4.78 is 13.9. The summed E-state index contributed by atoms with van der Waals surface area (Å²) in [5.74, 6) is -2.27. The van der Waals surface area contributed by atoms with E-state index in [9.17, 15) is 9.18 Å². The molecule has 2 N–H and O–H groups in total. The highest BCUT2D eigenvalue weighted by atomic mass is 19.1. The molecular formula is C14H13FN2O2. The fourth-order valence-electron chi connectivity index (χ4n) is 1.78. The van der Waals surface area contributed by atoms with Crippen LogP contribution in [0.25, 0.3) is 0 Å². The maximum absolute atomic E-state index is 13.9. The Bertz CT molecular complexity index is 641. The molecule has 4 nitrogen and oxygen atoms in total. The van der Waals surface area contributed by atoms with Crippen molar-refractivity contribution in [2.24, 2.45) is 0 Å². The van der Waals surface area contributed by atoms with Crippen molar-refractivity contribution in [1.82, 2.24) is 4.98 Å². The van der Waals surface area contributed by atoms with Crippen LogP contribution in [-0.2, 0) is 0 Å². The largest absolute Gasteiger partial charge is 0.478 e. The van der Waals surface area contributed by atoms with E-state index in [4.69, 9.17) is 5.11 Å². The third kappa shape index (κ3) is 2.70. The Morgan fingerprint density at radius 2 is 2.05 bits per heavy atom. The molecule has 0 aliphatic heterocycles. The van der Waals surface area contributed by atoms with Crippen LogP contribution in [0.5, 0.6) is 0 Å². The molecular weight excluding hydrogens is 247 g/mol. The van der Waals surface area contributed by atoms with Gasteiger partial charge in [0.1, 0.15) is 5.56 Å². The van der Waals surface area contributed by atoms with Crippen molar-refractivity contribution >= 4 is 17.5 Å². The second kappa shape index (κ2) is 5.06. The number of pyridine rings is 1. The monoisotopic (exact) mass is 260 g/mol. The molecule has 19 heavy (non-hydrogen) atoms. The van der Waals surface area contributed by atoms with Crippen molar-refractivity contribution < 1.29 is 14.3 Å². The number of carbonyl (C=O) groups is 1. The Balaban J connectivity index is 2.38. The Morgan fingerprint density at radius 3 is 2.68 bits per heavy atom. The highest BCUT2D eigenvalue weighted by Gasteiger charge is 2.15. The van der Waals surface area contributed by atoms with E-state index in [2.05, 4.69) is 10.3 Å². The van der Waals surface area contributed by atoms with Gasteiger partial charge in [0.2, 0.25) is 0 Å². The second-order valence-corrected chi connectivity index (χ2v) is 4.27. The van der Waals surface area contributed by atoms with Gasteiger partial charge < -0.3 is 10.4 Å². The molecule has 2 aromatic rings. The molecule has 0 radical (unpaired) electrons. The fourth-order valence-corrected chi connectivity index (χ4v) is 1.78. The summed E-state index contributed by atoms with van der Waals surface area (Å²) in [5.41, 5.74) is 2.32. The van der Waals surface area contributed by atoms with Crippen molar-refractivity contribution in [3.8, 4) is 0 Å². The van der Waals surface area contributed by atoms with Gasteiger partial charge in [-0.05, 0) is 31.5 Å². The Kier molecular flexibility index (Phi) is 3.46. The highest BCUT2D eigenvalue weighted by Crippen LogP contribution is 2.23. The lowest BCUT2D eigenvalue weighted by Crippen LogP contribution is -2.06. The molecule has 0 fully saturated rings. The number of aromatic nitrogens is 1. The normalized spacial score (nSPS) is 10.3. The number of halogens is 1. The summed E-state index contributed by atoms with van der Waals surface area (Å²) >= 11 is 0. The summed E-state index contributed by atoms with van der Waals surface area (Å²) in [6.07, 6.45) is 1.26. The third-order valence-corrected chi connectivity index (χ3v) is 2.75. The molecule has 0 saturated heterocycles. The number of rotatable bonds is 3. The topological polar surface area (TPSA) is 62.2 Å². The lowest BCUT2D eigenvalue weighted by Gasteiger charge is -2.11. The summed E-state index contributed by atoms with van der Waals surface area (Å²) in [5, 5.41) is 11.7. The van der Waals surface area contributed by atoms with Crippen LogP contribution in [0.15, 0.2) is 30.5 Å². The molecule has 1 aromatic heterocycles. The van der Waals surface area contributed by atoms with Gasteiger partial charge in [0.05, 0.1) is 0 Å². The number of carboxylic acids is 1. The van der Waals surface area contributed by atoms with E-state index >= 15 is 0 Å². The number of aromatic carboxylic acids is 1. The molecule has 1 heterocycles. The minimum absolute atomic E-state index is 0.0909. The van der Waals surface area contributed by atoms with Gasteiger partial charge in [0, 0.05) is 11.9 Å². The molecule has 0 bridgehead atoms. The van der Waals surface area contributed by atoms with E-state index in [1.807, 2.05) is 26.0 Å². The first-order valence-electron chi connectivity index (χ1n) is 5.71. The van der Waals surface area contributed by atoms with Gasteiger partial charge in [0.25, 0.3) is 0 Å². The minimum atomic E-state index is -1.32.